The van der Waals surface area contributed by atoms with E-state index in [9.17, 15) is 0 Å². The first-order chi connectivity index (χ1) is 3.80. The van der Waals surface area contributed by atoms with Crippen molar-refractivity contribution in [1.82, 2.24) is 15.2 Å². The van der Waals surface area contributed by atoms with Crippen molar-refractivity contribution in [3.63, 3.8) is 0 Å². The highest BCUT2D eigenvalue weighted by Gasteiger charge is 1.89. The first kappa shape index (κ1) is 5.50. The Hall–Kier alpha value is -0.640. The fourth-order valence-corrected chi connectivity index (χ4v) is 0.798. The van der Waals surface area contributed by atoms with Crippen molar-refractivity contribution in [3.8, 4) is 0 Å². The Bertz CT molecular complexity index is 179. The molecule has 0 saturated heterocycles. The van der Waals surface area contributed by atoms with Crippen LogP contribution in [0.4, 0.5) is 0 Å². The highest BCUT2D eigenvalue weighted by atomic mass is 32.2. The third-order valence-corrected chi connectivity index (χ3v) is 1.58. The highest BCUT2D eigenvalue weighted by Crippen LogP contribution is 2.11. The van der Waals surface area contributed by atoms with Crippen molar-refractivity contribution >= 4 is 16.4 Å². The van der Waals surface area contributed by atoms with Gasteiger partial charge in [-0.25, -0.2) is 4.98 Å². The molecule has 0 saturated carbocycles. The molecule has 1 atom stereocenters. The van der Waals surface area contributed by atoms with Crippen molar-refractivity contribution in [1.29, 1.82) is 0 Å². The molecule has 0 spiro atoms. The maximum absolute atomic E-state index is 3.90. The van der Waals surface area contributed by atoms with Crippen molar-refractivity contribution in [2.75, 3.05) is 6.26 Å². The molecule has 1 heterocycles. The Morgan fingerprint density at radius 3 is 2.88 bits per heavy atom. The molecule has 1 N–H and O–H groups in total. The van der Waals surface area contributed by atoms with E-state index in [0.717, 1.165) is 5.16 Å². The Labute approximate surface area is 50.1 Å². The Kier molecular flexibility index (Phi) is 1.43. The van der Waals surface area contributed by atoms with Gasteiger partial charge in [0.1, 0.15) is 6.33 Å². The predicted molar refractivity (Wildman–Crippen MR) is 35.3 cm³/mol. The fourth-order valence-electron chi connectivity index (χ4n) is 0.362. The van der Waals surface area contributed by atoms with Crippen molar-refractivity contribution < 1.29 is 0 Å². The van der Waals surface area contributed by atoms with E-state index in [4.69, 9.17) is 0 Å². The van der Waals surface area contributed by atoms with Crippen LogP contribution in [0.3, 0.4) is 0 Å². The average molecular weight is 129 g/mol. The molecule has 44 valence electrons. The maximum atomic E-state index is 3.90. The van der Waals surface area contributed by atoms with E-state index >= 15 is 0 Å². The normalized spacial score (nSPS) is 13.6. The number of rotatable bonds is 1. The van der Waals surface area contributed by atoms with Crippen LogP contribution in [0.25, 0.3) is 0 Å². The highest BCUT2D eigenvalue weighted by molar-refractivity contribution is 8.13. The molecule has 0 aromatic carbocycles. The minimum atomic E-state index is -0.0270. The van der Waals surface area contributed by atoms with Crippen LogP contribution in [0.15, 0.2) is 11.5 Å². The molecule has 4 heteroatoms. The Morgan fingerprint density at radius 2 is 2.62 bits per heavy atom. The molecule has 1 rings (SSSR count). The smallest absolute Gasteiger partial charge is 0.177 e. The van der Waals surface area contributed by atoms with Gasteiger partial charge in [-0.3, -0.25) is 5.10 Å². The van der Waals surface area contributed by atoms with Gasteiger partial charge in [0, 0.05) is 0 Å². The second-order valence-electron chi connectivity index (χ2n) is 1.43. The number of hydrogen-bond donors (Lipinski definition) is 1. The lowest BCUT2D eigenvalue weighted by Gasteiger charge is -1.87. The first-order valence-electron chi connectivity index (χ1n) is 2.11. The summed E-state index contributed by atoms with van der Waals surface area (Å²) in [6.45, 7) is 0. The summed E-state index contributed by atoms with van der Waals surface area (Å²) in [5, 5.41) is 7.27. The molecule has 1 aromatic heterocycles. The van der Waals surface area contributed by atoms with Gasteiger partial charge >= 0.3 is 0 Å². The van der Waals surface area contributed by atoms with Crippen molar-refractivity contribution in [3.05, 3.63) is 6.33 Å². The minimum absolute atomic E-state index is 0.0270. The number of nitrogens with one attached hydrogen (secondary N) is 1. The SMILES string of the molecule is C=S(C)c1ncn[nH]1. The van der Waals surface area contributed by atoms with Crippen molar-refractivity contribution in [2.24, 2.45) is 0 Å². The predicted octanol–water partition coefficient (Wildman–Crippen LogP) is 0.494. The summed E-state index contributed by atoms with van der Waals surface area (Å²) in [6.07, 6.45) is 3.48. The second-order valence-corrected chi connectivity index (χ2v) is 3.09. The van der Waals surface area contributed by atoms with E-state index in [2.05, 4.69) is 21.1 Å². The molecule has 0 aliphatic carbocycles. The Balaban J connectivity index is 2.93. The summed E-state index contributed by atoms with van der Waals surface area (Å²) in [4.78, 5) is 3.90. The standard InChI is InChI=1S/C4H7N3S/c1-8(2)4-5-3-6-7-4/h3H,1H2,2H3,(H,5,6,7). The number of nitrogens with zero attached hydrogens (tertiary/aromatic N) is 2. The maximum Gasteiger partial charge on any atom is 0.177 e. The van der Waals surface area contributed by atoms with E-state index in [0.29, 0.717) is 0 Å². The molecule has 3 nitrogen and oxygen atoms in total. The number of hydrogen-bond acceptors (Lipinski definition) is 2. The van der Waals surface area contributed by atoms with Crippen LogP contribution < -0.4 is 0 Å². The zero-order valence-corrected chi connectivity index (χ0v) is 5.40. The van der Waals surface area contributed by atoms with Crippen LogP contribution >= 0.6 is 10.5 Å². The zero-order chi connectivity index (χ0) is 5.98. The van der Waals surface area contributed by atoms with E-state index in [-0.39, 0.29) is 10.5 Å². The van der Waals surface area contributed by atoms with Gasteiger partial charge in [-0.05, 0) is 6.26 Å². The molecule has 8 heavy (non-hydrogen) atoms. The van der Waals surface area contributed by atoms with Gasteiger partial charge in [0.2, 0.25) is 0 Å². The monoisotopic (exact) mass is 129 g/mol. The van der Waals surface area contributed by atoms with E-state index in [1.807, 2.05) is 6.26 Å². The lowest BCUT2D eigenvalue weighted by molar-refractivity contribution is 0.975. The molecular formula is C4H7N3S. The average Bonchev–Trinajstić information content (AvgIpc) is 2.12. The zero-order valence-electron chi connectivity index (χ0n) is 4.59. The van der Waals surface area contributed by atoms with Gasteiger partial charge in [0.15, 0.2) is 5.16 Å². The lowest BCUT2D eigenvalue weighted by Crippen LogP contribution is -1.73. The van der Waals surface area contributed by atoms with Crippen LogP contribution in [-0.4, -0.2) is 27.3 Å². The first-order valence-corrected chi connectivity index (χ1v) is 3.92. The molecule has 0 aliphatic heterocycles. The molecule has 0 amide bonds. The van der Waals surface area contributed by atoms with E-state index < -0.39 is 0 Å². The van der Waals surface area contributed by atoms with Crippen LogP contribution in [0.2, 0.25) is 0 Å². The van der Waals surface area contributed by atoms with Gasteiger partial charge in [0.25, 0.3) is 0 Å². The molecule has 1 unspecified atom stereocenters. The number of H-pyrrole nitrogens is 1. The van der Waals surface area contributed by atoms with Gasteiger partial charge in [0.05, 0.1) is 0 Å². The molecule has 1 aromatic rings. The molecule has 0 fully saturated rings. The van der Waals surface area contributed by atoms with Crippen molar-refractivity contribution in [2.45, 2.75) is 5.16 Å². The van der Waals surface area contributed by atoms with Gasteiger partial charge in [-0.2, -0.15) is 5.10 Å². The largest absolute Gasteiger partial charge is 0.255 e. The molecule has 0 bridgehead atoms. The van der Waals surface area contributed by atoms with Crippen LogP contribution in [0.5, 0.6) is 0 Å². The van der Waals surface area contributed by atoms with Gasteiger partial charge in [-0.1, -0.05) is 5.87 Å². The summed E-state index contributed by atoms with van der Waals surface area (Å²) in [5.74, 6) is 3.77. The van der Waals surface area contributed by atoms with Gasteiger partial charge in [-0.15, -0.1) is 10.5 Å². The Morgan fingerprint density at radius 1 is 1.88 bits per heavy atom. The third kappa shape index (κ3) is 0.949. The van der Waals surface area contributed by atoms with Crippen LogP contribution in [0.1, 0.15) is 0 Å². The van der Waals surface area contributed by atoms with Crippen LogP contribution in [0, 0.1) is 0 Å². The minimum Gasteiger partial charge on any atom is -0.255 e. The summed E-state index contributed by atoms with van der Waals surface area (Å²) in [6, 6.07) is 0. The summed E-state index contributed by atoms with van der Waals surface area (Å²) >= 11 is 0. The summed E-state index contributed by atoms with van der Waals surface area (Å²) in [5.41, 5.74) is 0. The quantitative estimate of drug-likeness (QED) is 0.561. The molecule has 0 aliphatic rings. The number of aromatic amines is 1. The van der Waals surface area contributed by atoms with Crippen LogP contribution in [-0.2, 0) is 0 Å². The molecular weight excluding hydrogens is 122 g/mol. The lowest BCUT2D eigenvalue weighted by atomic mass is 11.3. The van der Waals surface area contributed by atoms with Gasteiger partial charge < -0.3 is 0 Å². The second kappa shape index (κ2) is 2.09. The summed E-state index contributed by atoms with van der Waals surface area (Å²) in [7, 11) is -0.0270. The molecule has 0 radical (unpaired) electrons. The summed E-state index contributed by atoms with van der Waals surface area (Å²) < 4.78 is 0. The topological polar surface area (TPSA) is 41.6 Å². The van der Waals surface area contributed by atoms with E-state index in [1.54, 1.807) is 0 Å². The number of aromatic nitrogens is 3. The van der Waals surface area contributed by atoms with E-state index in [1.165, 1.54) is 6.33 Å². The third-order valence-electron chi connectivity index (χ3n) is 0.723. The fraction of sp³-hybridized carbons (Fsp3) is 0.250.